The molecule has 0 radical (unpaired) electrons. The fraction of sp³-hybridized carbons (Fsp3) is 0.533. The van der Waals surface area contributed by atoms with Crippen LogP contribution in [0.4, 0.5) is 0 Å². The predicted molar refractivity (Wildman–Crippen MR) is 81.2 cm³/mol. The van der Waals surface area contributed by atoms with Crippen LogP contribution in [0, 0.1) is 6.92 Å². The van der Waals surface area contributed by atoms with Crippen molar-refractivity contribution in [3.63, 3.8) is 0 Å². The summed E-state index contributed by atoms with van der Waals surface area (Å²) in [6.07, 6.45) is 5.61. The van der Waals surface area contributed by atoms with Crippen LogP contribution in [0.2, 0.25) is 0 Å². The second-order valence-electron chi connectivity index (χ2n) is 5.56. The van der Waals surface area contributed by atoms with Crippen molar-refractivity contribution in [3.05, 3.63) is 33.8 Å². The largest absolute Gasteiger partial charge is 0.350 e. The zero-order chi connectivity index (χ0) is 13.9. The first-order chi connectivity index (χ1) is 9.00. The molecular weight excluding hydrogens is 304 g/mol. The van der Waals surface area contributed by atoms with Gasteiger partial charge in [0, 0.05) is 22.1 Å². The van der Waals surface area contributed by atoms with Gasteiger partial charge in [0.1, 0.15) is 0 Å². The van der Waals surface area contributed by atoms with Crippen LogP contribution in [0.5, 0.6) is 0 Å². The molecule has 0 aliphatic heterocycles. The van der Waals surface area contributed by atoms with Gasteiger partial charge in [-0.2, -0.15) is 0 Å². The van der Waals surface area contributed by atoms with Crippen molar-refractivity contribution < 1.29 is 4.79 Å². The van der Waals surface area contributed by atoms with E-state index in [9.17, 15) is 4.79 Å². The first-order valence-electron chi connectivity index (χ1n) is 6.83. The summed E-state index contributed by atoms with van der Waals surface area (Å²) in [5.74, 6) is -0.0331. The summed E-state index contributed by atoms with van der Waals surface area (Å²) in [6, 6.07) is 5.74. The van der Waals surface area contributed by atoms with Crippen LogP contribution >= 0.6 is 15.9 Å². The van der Waals surface area contributed by atoms with Crippen molar-refractivity contribution >= 4 is 21.8 Å². The Morgan fingerprint density at radius 3 is 2.74 bits per heavy atom. The molecule has 1 aromatic rings. The van der Waals surface area contributed by atoms with Crippen molar-refractivity contribution in [2.75, 3.05) is 6.54 Å². The molecule has 1 aromatic carbocycles. The van der Waals surface area contributed by atoms with Crippen LogP contribution in [0.25, 0.3) is 0 Å². The number of hydrogen-bond donors (Lipinski definition) is 2. The quantitative estimate of drug-likeness (QED) is 0.897. The molecule has 0 heterocycles. The monoisotopic (exact) mass is 324 g/mol. The molecule has 1 amide bonds. The third kappa shape index (κ3) is 3.80. The number of amides is 1. The molecule has 0 aromatic heterocycles. The fourth-order valence-corrected chi connectivity index (χ4v) is 2.98. The average molecular weight is 325 g/mol. The maximum absolute atomic E-state index is 12.2. The number of carbonyl (C=O) groups is 1. The molecule has 104 valence electrons. The molecule has 0 bridgehead atoms. The maximum atomic E-state index is 12.2. The minimum atomic E-state index is -0.214. The van der Waals surface area contributed by atoms with E-state index < -0.39 is 0 Å². The molecule has 1 aliphatic rings. The summed E-state index contributed by atoms with van der Waals surface area (Å²) in [6.45, 7) is 2.51. The van der Waals surface area contributed by atoms with E-state index in [0.29, 0.717) is 12.1 Å². The molecule has 3 nitrogen and oxygen atoms in total. The summed E-state index contributed by atoms with van der Waals surface area (Å²) in [5.41, 5.74) is 7.81. The van der Waals surface area contributed by atoms with Gasteiger partial charge >= 0.3 is 0 Å². The Morgan fingerprint density at radius 1 is 1.37 bits per heavy atom. The smallest absolute Gasteiger partial charge is 0.251 e. The van der Waals surface area contributed by atoms with E-state index in [2.05, 4.69) is 21.2 Å². The van der Waals surface area contributed by atoms with Gasteiger partial charge in [0.2, 0.25) is 0 Å². The van der Waals surface area contributed by atoms with E-state index in [-0.39, 0.29) is 11.4 Å². The van der Waals surface area contributed by atoms with E-state index in [1.807, 2.05) is 25.1 Å². The van der Waals surface area contributed by atoms with Gasteiger partial charge in [0.15, 0.2) is 0 Å². The van der Waals surface area contributed by atoms with E-state index >= 15 is 0 Å². The van der Waals surface area contributed by atoms with Gasteiger partial charge in [-0.15, -0.1) is 0 Å². The van der Waals surface area contributed by atoms with Gasteiger partial charge in [-0.3, -0.25) is 4.79 Å². The van der Waals surface area contributed by atoms with Crippen molar-refractivity contribution in [1.29, 1.82) is 0 Å². The SMILES string of the molecule is Cc1ccc(Br)cc1C(=O)NCC1(N)CCCCC1. The Hall–Kier alpha value is -0.870. The highest BCUT2D eigenvalue weighted by atomic mass is 79.9. The molecule has 0 saturated heterocycles. The molecule has 1 fully saturated rings. The molecule has 1 saturated carbocycles. The topological polar surface area (TPSA) is 55.1 Å². The molecule has 3 N–H and O–H groups in total. The van der Waals surface area contributed by atoms with E-state index in [1.165, 1.54) is 19.3 Å². The van der Waals surface area contributed by atoms with Gasteiger partial charge in [-0.25, -0.2) is 0 Å². The van der Waals surface area contributed by atoms with Gasteiger partial charge in [-0.05, 0) is 37.5 Å². The van der Waals surface area contributed by atoms with Crippen LogP contribution in [-0.4, -0.2) is 18.0 Å². The van der Waals surface area contributed by atoms with E-state index in [0.717, 1.165) is 22.9 Å². The lowest BCUT2D eigenvalue weighted by atomic mass is 9.82. The maximum Gasteiger partial charge on any atom is 0.251 e. The number of nitrogens with one attached hydrogen (secondary N) is 1. The number of rotatable bonds is 3. The highest BCUT2D eigenvalue weighted by Gasteiger charge is 2.27. The van der Waals surface area contributed by atoms with E-state index in [1.54, 1.807) is 0 Å². The third-order valence-electron chi connectivity index (χ3n) is 3.89. The van der Waals surface area contributed by atoms with Crippen LogP contribution in [0.1, 0.15) is 48.0 Å². The molecule has 1 aliphatic carbocycles. The summed E-state index contributed by atoms with van der Waals surface area (Å²) < 4.78 is 0.920. The highest BCUT2D eigenvalue weighted by molar-refractivity contribution is 9.10. The fourth-order valence-electron chi connectivity index (χ4n) is 2.62. The molecule has 19 heavy (non-hydrogen) atoms. The second kappa shape index (κ2) is 6.06. The van der Waals surface area contributed by atoms with Crippen LogP contribution < -0.4 is 11.1 Å². The number of nitrogens with two attached hydrogens (primary N) is 1. The summed E-state index contributed by atoms with van der Waals surface area (Å²) in [5, 5.41) is 2.99. The average Bonchev–Trinajstić information content (AvgIpc) is 2.40. The lowest BCUT2D eigenvalue weighted by Gasteiger charge is -2.33. The van der Waals surface area contributed by atoms with Crippen LogP contribution in [0.15, 0.2) is 22.7 Å². The Labute approximate surface area is 123 Å². The number of benzene rings is 1. The summed E-state index contributed by atoms with van der Waals surface area (Å²) in [7, 11) is 0. The zero-order valence-electron chi connectivity index (χ0n) is 11.3. The lowest BCUT2D eigenvalue weighted by Crippen LogP contribution is -2.51. The standard InChI is InChI=1S/C15H21BrN2O/c1-11-5-6-12(16)9-13(11)14(19)18-10-15(17)7-3-2-4-8-15/h5-6,9H,2-4,7-8,10,17H2,1H3,(H,18,19). The Bertz CT molecular complexity index is 467. The summed E-state index contributed by atoms with van der Waals surface area (Å²) >= 11 is 3.40. The van der Waals surface area contributed by atoms with Crippen LogP contribution in [-0.2, 0) is 0 Å². The van der Waals surface area contributed by atoms with Crippen molar-refractivity contribution in [3.8, 4) is 0 Å². The minimum Gasteiger partial charge on any atom is -0.350 e. The zero-order valence-corrected chi connectivity index (χ0v) is 12.9. The first-order valence-corrected chi connectivity index (χ1v) is 7.63. The third-order valence-corrected chi connectivity index (χ3v) is 4.39. The molecular formula is C15H21BrN2O. The second-order valence-corrected chi connectivity index (χ2v) is 6.48. The molecule has 4 heteroatoms. The molecule has 2 rings (SSSR count). The molecule has 0 spiro atoms. The number of halogens is 1. The molecule has 0 atom stereocenters. The number of hydrogen-bond acceptors (Lipinski definition) is 2. The Morgan fingerprint density at radius 2 is 2.05 bits per heavy atom. The van der Waals surface area contributed by atoms with Gasteiger partial charge in [-0.1, -0.05) is 41.3 Å². The molecule has 0 unspecified atom stereocenters. The van der Waals surface area contributed by atoms with Gasteiger partial charge in [0.05, 0.1) is 0 Å². The summed E-state index contributed by atoms with van der Waals surface area (Å²) in [4.78, 5) is 12.2. The van der Waals surface area contributed by atoms with Crippen LogP contribution in [0.3, 0.4) is 0 Å². The van der Waals surface area contributed by atoms with Gasteiger partial charge in [0.25, 0.3) is 5.91 Å². The predicted octanol–water partition coefficient (Wildman–Crippen LogP) is 3.15. The normalized spacial score (nSPS) is 18.1. The lowest BCUT2D eigenvalue weighted by molar-refractivity contribution is 0.0937. The minimum absolute atomic E-state index is 0.0331. The van der Waals surface area contributed by atoms with Crippen molar-refractivity contribution in [2.24, 2.45) is 5.73 Å². The number of carbonyl (C=O) groups excluding carboxylic acids is 1. The Balaban J connectivity index is 1.99. The van der Waals surface area contributed by atoms with Gasteiger partial charge < -0.3 is 11.1 Å². The number of aryl methyl sites for hydroxylation is 1. The van der Waals surface area contributed by atoms with Crippen molar-refractivity contribution in [1.82, 2.24) is 5.32 Å². The first kappa shape index (κ1) is 14.5. The van der Waals surface area contributed by atoms with E-state index in [4.69, 9.17) is 5.73 Å². The Kier molecular flexibility index (Phi) is 4.63. The van der Waals surface area contributed by atoms with Crippen molar-refractivity contribution in [2.45, 2.75) is 44.6 Å². The highest BCUT2D eigenvalue weighted by Crippen LogP contribution is 2.25.